The number of aromatic hydroxyl groups is 1. The molecule has 1 amide bonds. The molecular weight excluding hydrogens is 186 g/mol. The van der Waals surface area contributed by atoms with Crippen LogP contribution in [0.1, 0.15) is 17.9 Å². The highest BCUT2D eigenvalue weighted by Gasteiger charge is 2.10. The van der Waals surface area contributed by atoms with E-state index >= 15 is 0 Å². The minimum Gasteiger partial charge on any atom is -0.502 e. The fourth-order valence-electron chi connectivity index (χ4n) is 1.07. The third kappa shape index (κ3) is 2.35. The molecule has 3 N–H and O–H groups in total. The Kier molecular flexibility index (Phi) is 2.91. The fraction of sp³-hybridized carbons (Fsp3) is 0.333. The summed E-state index contributed by atoms with van der Waals surface area (Å²) in [6.07, 6.45) is 0.179. The molecule has 0 aliphatic rings. The lowest BCUT2D eigenvalue weighted by molar-refractivity contribution is -0.118. The molecule has 0 aromatic carbocycles. The highest BCUT2D eigenvalue weighted by atomic mass is 16.4. The van der Waals surface area contributed by atoms with Gasteiger partial charge in [0.2, 0.25) is 17.1 Å². The molecule has 1 heterocycles. The molecule has 0 saturated heterocycles. The first kappa shape index (κ1) is 10.3. The van der Waals surface area contributed by atoms with E-state index in [0.717, 1.165) is 0 Å². The van der Waals surface area contributed by atoms with Crippen LogP contribution >= 0.6 is 0 Å². The van der Waals surface area contributed by atoms with E-state index in [4.69, 9.17) is 10.2 Å². The minimum atomic E-state index is -0.506. The van der Waals surface area contributed by atoms with Crippen molar-refractivity contribution < 1.29 is 14.3 Å². The van der Waals surface area contributed by atoms with Crippen LogP contribution in [-0.4, -0.2) is 11.0 Å². The Morgan fingerprint density at radius 2 is 2.29 bits per heavy atom. The van der Waals surface area contributed by atoms with Gasteiger partial charge in [0.1, 0.15) is 11.5 Å². The molecule has 0 fully saturated rings. The van der Waals surface area contributed by atoms with Crippen molar-refractivity contribution in [3.63, 3.8) is 0 Å². The predicted molar refractivity (Wildman–Crippen MR) is 48.9 cm³/mol. The quantitative estimate of drug-likeness (QED) is 0.717. The standard InChI is InChI=1S/C9H11NO4/c1-5-4-6(11)9(13)7(14-5)2-3-8(10)12/h4,13H,2-3H2,1H3,(H2,10,12). The lowest BCUT2D eigenvalue weighted by Crippen LogP contribution is -2.12. The Labute approximate surface area is 80.2 Å². The summed E-state index contributed by atoms with van der Waals surface area (Å²) in [5.74, 6) is -0.452. The molecule has 1 rings (SSSR count). The predicted octanol–water partition coefficient (Wildman–Crippen LogP) is 0.0717. The first-order valence-corrected chi connectivity index (χ1v) is 4.11. The third-order valence-electron chi connectivity index (χ3n) is 1.71. The molecule has 1 aromatic rings. The van der Waals surface area contributed by atoms with E-state index in [1.165, 1.54) is 6.07 Å². The topological polar surface area (TPSA) is 93.5 Å². The summed E-state index contributed by atoms with van der Waals surface area (Å²) in [7, 11) is 0. The van der Waals surface area contributed by atoms with Gasteiger partial charge in [0, 0.05) is 18.9 Å². The second-order valence-corrected chi connectivity index (χ2v) is 2.96. The lowest BCUT2D eigenvalue weighted by atomic mass is 10.2. The SMILES string of the molecule is Cc1cc(=O)c(O)c(CCC(N)=O)o1. The van der Waals surface area contributed by atoms with Gasteiger partial charge < -0.3 is 15.3 Å². The van der Waals surface area contributed by atoms with Gasteiger partial charge in [-0.3, -0.25) is 9.59 Å². The maximum atomic E-state index is 11.1. The Balaban J connectivity index is 2.96. The number of nitrogens with two attached hydrogens (primary N) is 1. The molecule has 0 atom stereocenters. The largest absolute Gasteiger partial charge is 0.502 e. The van der Waals surface area contributed by atoms with E-state index in [-0.39, 0.29) is 18.6 Å². The smallest absolute Gasteiger partial charge is 0.227 e. The second kappa shape index (κ2) is 3.95. The number of carbonyl (C=O) groups is 1. The van der Waals surface area contributed by atoms with E-state index < -0.39 is 17.1 Å². The summed E-state index contributed by atoms with van der Waals surface area (Å²) in [5.41, 5.74) is 4.42. The molecular formula is C9H11NO4. The van der Waals surface area contributed by atoms with Gasteiger partial charge in [0.05, 0.1) is 0 Å². The van der Waals surface area contributed by atoms with Gasteiger partial charge >= 0.3 is 0 Å². The molecule has 14 heavy (non-hydrogen) atoms. The van der Waals surface area contributed by atoms with Crippen LogP contribution in [0.4, 0.5) is 0 Å². The van der Waals surface area contributed by atoms with Crippen LogP contribution in [0.3, 0.4) is 0 Å². The van der Waals surface area contributed by atoms with Crippen molar-refractivity contribution in [1.29, 1.82) is 0 Å². The van der Waals surface area contributed by atoms with Gasteiger partial charge in [0.15, 0.2) is 0 Å². The number of hydrogen-bond donors (Lipinski definition) is 2. The zero-order valence-electron chi connectivity index (χ0n) is 7.74. The van der Waals surface area contributed by atoms with E-state index in [9.17, 15) is 14.7 Å². The Bertz CT molecular complexity index is 408. The molecule has 5 heteroatoms. The third-order valence-corrected chi connectivity index (χ3v) is 1.71. The fourth-order valence-corrected chi connectivity index (χ4v) is 1.07. The van der Waals surface area contributed by atoms with Crippen molar-refractivity contribution in [3.8, 4) is 5.75 Å². The Morgan fingerprint density at radius 3 is 2.86 bits per heavy atom. The van der Waals surface area contributed by atoms with Crippen LogP contribution < -0.4 is 11.2 Å². The van der Waals surface area contributed by atoms with Gasteiger partial charge in [-0.2, -0.15) is 0 Å². The number of amides is 1. The monoisotopic (exact) mass is 197 g/mol. The molecule has 0 aliphatic carbocycles. The Morgan fingerprint density at radius 1 is 1.64 bits per heavy atom. The van der Waals surface area contributed by atoms with Crippen molar-refractivity contribution in [1.82, 2.24) is 0 Å². The van der Waals surface area contributed by atoms with Gasteiger partial charge in [-0.15, -0.1) is 0 Å². The summed E-state index contributed by atoms with van der Waals surface area (Å²) >= 11 is 0. The first-order chi connectivity index (χ1) is 6.50. The molecule has 0 saturated carbocycles. The summed E-state index contributed by atoms with van der Waals surface area (Å²) in [6, 6.07) is 1.18. The van der Waals surface area contributed by atoms with E-state index in [2.05, 4.69) is 0 Å². The highest BCUT2D eigenvalue weighted by molar-refractivity contribution is 5.73. The van der Waals surface area contributed by atoms with Crippen molar-refractivity contribution in [3.05, 3.63) is 27.8 Å². The van der Waals surface area contributed by atoms with Gasteiger partial charge in [0.25, 0.3) is 0 Å². The maximum absolute atomic E-state index is 11.1. The molecule has 76 valence electrons. The molecule has 0 radical (unpaired) electrons. The van der Waals surface area contributed by atoms with E-state index in [0.29, 0.717) is 5.76 Å². The maximum Gasteiger partial charge on any atom is 0.227 e. The van der Waals surface area contributed by atoms with Crippen molar-refractivity contribution in [2.45, 2.75) is 19.8 Å². The molecule has 5 nitrogen and oxygen atoms in total. The Hall–Kier alpha value is -1.78. The van der Waals surface area contributed by atoms with Crippen LogP contribution in [0.5, 0.6) is 5.75 Å². The molecule has 0 aliphatic heterocycles. The summed E-state index contributed by atoms with van der Waals surface area (Å²) in [6.45, 7) is 1.59. The average Bonchev–Trinajstić information content (AvgIpc) is 2.08. The number of carbonyl (C=O) groups excluding carboxylic acids is 1. The average molecular weight is 197 g/mol. The summed E-state index contributed by atoms with van der Waals surface area (Å²) in [5, 5.41) is 9.28. The number of primary amides is 1. The summed E-state index contributed by atoms with van der Waals surface area (Å²) < 4.78 is 5.08. The normalized spacial score (nSPS) is 10.1. The first-order valence-electron chi connectivity index (χ1n) is 4.11. The van der Waals surface area contributed by atoms with Crippen LogP contribution in [-0.2, 0) is 11.2 Å². The van der Waals surface area contributed by atoms with Gasteiger partial charge in [-0.25, -0.2) is 0 Å². The van der Waals surface area contributed by atoms with Crippen LogP contribution in [0.15, 0.2) is 15.3 Å². The van der Waals surface area contributed by atoms with Gasteiger partial charge in [-0.05, 0) is 6.92 Å². The van der Waals surface area contributed by atoms with Crippen LogP contribution in [0, 0.1) is 6.92 Å². The molecule has 0 spiro atoms. The number of hydrogen-bond acceptors (Lipinski definition) is 4. The minimum absolute atomic E-state index is 0.0416. The zero-order valence-corrected chi connectivity index (χ0v) is 7.74. The highest BCUT2D eigenvalue weighted by Crippen LogP contribution is 2.14. The number of rotatable bonds is 3. The second-order valence-electron chi connectivity index (χ2n) is 2.96. The van der Waals surface area contributed by atoms with E-state index in [1.807, 2.05) is 0 Å². The molecule has 0 unspecified atom stereocenters. The lowest BCUT2D eigenvalue weighted by Gasteiger charge is -2.02. The van der Waals surface area contributed by atoms with Crippen molar-refractivity contribution >= 4 is 5.91 Å². The zero-order chi connectivity index (χ0) is 10.7. The van der Waals surface area contributed by atoms with Crippen molar-refractivity contribution in [2.24, 2.45) is 5.73 Å². The van der Waals surface area contributed by atoms with Crippen LogP contribution in [0.2, 0.25) is 0 Å². The van der Waals surface area contributed by atoms with Crippen molar-refractivity contribution in [2.75, 3.05) is 0 Å². The number of aryl methyl sites for hydroxylation is 2. The van der Waals surface area contributed by atoms with Gasteiger partial charge in [-0.1, -0.05) is 0 Å². The summed E-state index contributed by atoms with van der Waals surface area (Å²) in [4.78, 5) is 21.6. The molecule has 0 bridgehead atoms. The molecule has 1 aromatic heterocycles. The van der Waals surface area contributed by atoms with E-state index in [1.54, 1.807) is 6.92 Å². The van der Waals surface area contributed by atoms with Crippen LogP contribution in [0.25, 0.3) is 0 Å².